The van der Waals surface area contributed by atoms with E-state index in [1.807, 2.05) is 12.1 Å². The van der Waals surface area contributed by atoms with Gasteiger partial charge in [-0.05, 0) is 29.8 Å². The Morgan fingerprint density at radius 2 is 1.92 bits per heavy atom. The second-order valence-corrected chi connectivity index (χ2v) is 4.96. The van der Waals surface area contributed by atoms with Crippen LogP contribution in [0.4, 0.5) is 10.4 Å². The van der Waals surface area contributed by atoms with Crippen LogP contribution in [0.25, 0.3) is 11.5 Å². The fourth-order valence-electron chi connectivity index (χ4n) is 2.16. The summed E-state index contributed by atoms with van der Waals surface area (Å²) in [4.78, 5) is 12.0. The Labute approximate surface area is 137 Å². The maximum Gasteiger partial charge on any atom is 0.322 e. The van der Waals surface area contributed by atoms with Crippen LogP contribution < -0.4 is 10.1 Å². The second kappa shape index (κ2) is 6.91. The highest BCUT2D eigenvalue weighted by molar-refractivity contribution is 5.90. The highest BCUT2D eigenvalue weighted by Gasteiger charge is 2.14. The van der Waals surface area contributed by atoms with E-state index in [1.165, 1.54) is 12.1 Å². The average Bonchev–Trinajstić information content (AvgIpc) is 3.05. The van der Waals surface area contributed by atoms with Crippen molar-refractivity contribution in [1.29, 1.82) is 0 Å². The largest absolute Gasteiger partial charge is 0.496 e. The van der Waals surface area contributed by atoms with E-state index in [0.717, 1.165) is 0 Å². The molecule has 0 saturated heterocycles. The van der Waals surface area contributed by atoms with Crippen LogP contribution in [0.5, 0.6) is 5.75 Å². The van der Waals surface area contributed by atoms with Crippen molar-refractivity contribution in [2.45, 2.75) is 6.42 Å². The van der Waals surface area contributed by atoms with Crippen molar-refractivity contribution >= 4 is 11.9 Å². The van der Waals surface area contributed by atoms with Crippen molar-refractivity contribution in [2.75, 3.05) is 12.4 Å². The van der Waals surface area contributed by atoms with Gasteiger partial charge in [-0.25, -0.2) is 4.39 Å². The summed E-state index contributed by atoms with van der Waals surface area (Å²) in [5.41, 5.74) is 1.31. The van der Waals surface area contributed by atoms with Crippen molar-refractivity contribution < 1.29 is 18.3 Å². The van der Waals surface area contributed by atoms with Crippen molar-refractivity contribution in [3.05, 3.63) is 59.9 Å². The van der Waals surface area contributed by atoms with Gasteiger partial charge in [-0.2, -0.15) is 0 Å². The lowest BCUT2D eigenvalue weighted by Crippen LogP contribution is -2.14. The quantitative estimate of drug-likeness (QED) is 0.779. The molecule has 1 heterocycles. The van der Waals surface area contributed by atoms with Crippen LogP contribution in [-0.4, -0.2) is 23.2 Å². The molecule has 24 heavy (non-hydrogen) atoms. The molecular weight excluding hydrogens is 313 g/mol. The molecular formula is C17H14FN3O3. The van der Waals surface area contributed by atoms with Crippen molar-refractivity contribution in [2.24, 2.45) is 0 Å². The summed E-state index contributed by atoms with van der Waals surface area (Å²) in [6.07, 6.45) is 0.0760. The van der Waals surface area contributed by atoms with Crippen LogP contribution in [0, 0.1) is 5.82 Å². The van der Waals surface area contributed by atoms with Gasteiger partial charge in [-0.15, -0.1) is 5.10 Å². The number of rotatable bonds is 5. The number of nitrogens with zero attached hydrogens (tertiary/aromatic N) is 2. The molecule has 1 aromatic heterocycles. The molecule has 3 aromatic rings. The highest BCUT2D eigenvalue weighted by Crippen LogP contribution is 2.29. The molecule has 2 aromatic carbocycles. The molecule has 1 N–H and O–H groups in total. The smallest absolute Gasteiger partial charge is 0.322 e. The van der Waals surface area contributed by atoms with Crippen molar-refractivity contribution in [3.8, 4) is 17.2 Å². The first-order chi connectivity index (χ1) is 11.7. The first-order valence-corrected chi connectivity index (χ1v) is 7.17. The lowest BCUT2D eigenvalue weighted by Gasteiger charge is -2.03. The van der Waals surface area contributed by atoms with E-state index in [4.69, 9.17) is 9.15 Å². The number of benzene rings is 2. The number of nitrogens with one attached hydrogen (secondary N) is 1. The zero-order chi connectivity index (χ0) is 16.9. The van der Waals surface area contributed by atoms with Crippen LogP contribution in [-0.2, 0) is 11.2 Å². The van der Waals surface area contributed by atoms with Gasteiger partial charge in [0.1, 0.15) is 11.6 Å². The number of carbonyl (C=O) groups excluding carboxylic acids is 1. The fraction of sp³-hybridized carbons (Fsp3) is 0.118. The molecule has 0 fully saturated rings. The second-order valence-electron chi connectivity index (χ2n) is 4.96. The summed E-state index contributed by atoms with van der Waals surface area (Å²) >= 11 is 0. The highest BCUT2D eigenvalue weighted by atomic mass is 19.1. The average molecular weight is 327 g/mol. The Morgan fingerprint density at radius 1 is 1.17 bits per heavy atom. The van der Waals surface area contributed by atoms with Crippen LogP contribution in [0.1, 0.15) is 5.56 Å². The minimum absolute atomic E-state index is 0.0111. The van der Waals surface area contributed by atoms with Gasteiger partial charge in [0.2, 0.25) is 5.91 Å². The number of amides is 1. The molecule has 122 valence electrons. The molecule has 0 radical (unpaired) electrons. The Hall–Kier alpha value is -3.22. The van der Waals surface area contributed by atoms with Gasteiger partial charge in [-0.3, -0.25) is 10.1 Å². The number of hydrogen-bond acceptors (Lipinski definition) is 5. The Balaban J connectivity index is 1.69. The summed E-state index contributed by atoms with van der Waals surface area (Å²) in [5, 5.41) is 10.2. The van der Waals surface area contributed by atoms with Crippen LogP contribution in [0.3, 0.4) is 0 Å². The Kier molecular flexibility index (Phi) is 4.51. The molecule has 0 aliphatic carbocycles. The molecule has 6 nitrogen and oxygen atoms in total. The summed E-state index contributed by atoms with van der Waals surface area (Å²) in [5.74, 6) is 0.143. The number of methoxy groups -OCH3 is 1. The van der Waals surface area contributed by atoms with Crippen molar-refractivity contribution in [1.82, 2.24) is 10.2 Å². The summed E-state index contributed by atoms with van der Waals surface area (Å²) in [6, 6.07) is 12.9. The van der Waals surface area contributed by atoms with Gasteiger partial charge in [0.15, 0.2) is 0 Å². The van der Waals surface area contributed by atoms with Crippen LogP contribution in [0.2, 0.25) is 0 Å². The number of anilines is 1. The monoisotopic (exact) mass is 327 g/mol. The lowest BCUT2D eigenvalue weighted by molar-refractivity contribution is -0.115. The minimum Gasteiger partial charge on any atom is -0.496 e. The molecule has 0 bridgehead atoms. The van der Waals surface area contributed by atoms with E-state index in [1.54, 1.807) is 31.4 Å². The van der Waals surface area contributed by atoms with Gasteiger partial charge >= 0.3 is 6.01 Å². The molecule has 0 atom stereocenters. The Morgan fingerprint density at radius 3 is 2.67 bits per heavy atom. The molecule has 3 rings (SSSR count). The minimum atomic E-state index is -0.350. The maximum atomic E-state index is 12.9. The van der Waals surface area contributed by atoms with Crippen LogP contribution >= 0.6 is 0 Å². The van der Waals surface area contributed by atoms with E-state index in [9.17, 15) is 9.18 Å². The van der Waals surface area contributed by atoms with E-state index in [2.05, 4.69) is 15.5 Å². The SMILES string of the molecule is COc1ccccc1-c1nnc(NC(=O)Cc2ccc(F)cc2)o1. The predicted octanol–water partition coefficient (Wildman–Crippen LogP) is 3.07. The van der Waals surface area contributed by atoms with E-state index in [0.29, 0.717) is 16.9 Å². The molecule has 0 aliphatic rings. The maximum absolute atomic E-state index is 12.9. The summed E-state index contributed by atoms with van der Waals surface area (Å²) in [6.45, 7) is 0. The summed E-state index contributed by atoms with van der Waals surface area (Å²) in [7, 11) is 1.54. The first-order valence-electron chi connectivity index (χ1n) is 7.17. The normalized spacial score (nSPS) is 10.4. The number of hydrogen-bond donors (Lipinski definition) is 1. The Bertz CT molecular complexity index is 846. The molecule has 1 amide bonds. The number of aromatic nitrogens is 2. The standard InChI is InChI=1S/C17H14FN3O3/c1-23-14-5-3-2-4-13(14)16-20-21-17(24-16)19-15(22)10-11-6-8-12(18)9-7-11/h2-9H,10H2,1H3,(H,19,21,22). The first kappa shape index (κ1) is 15.7. The zero-order valence-corrected chi connectivity index (χ0v) is 12.8. The predicted molar refractivity (Wildman–Crippen MR) is 85.0 cm³/mol. The molecule has 0 unspecified atom stereocenters. The van der Waals surface area contributed by atoms with Crippen LogP contribution in [0.15, 0.2) is 52.9 Å². The van der Waals surface area contributed by atoms with E-state index in [-0.39, 0.29) is 30.1 Å². The number of para-hydroxylation sites is 1. The molecule has 0 spiro atoms. The molecule has 7 heteroatoms. The third-order valence-corrected chi connectivity index (χ3v) is 3.29. The molecule has 0 aliphatic heterocycles. The van der Waals surface area contributed by atoms with E-state index >= 15 is 0 Å². The van der Waals surface area contributed by atoms with Crippen molar-refractivity contribution in [3.63, 3.8) is 0 Å². The van der Waals surface area contributed by atoms with Gasteiger partial charge in [0, 0.05) is 0 Å². The third-order valence-electron chi connectivity index (χ3n) is 3.29. The molecule has 0 saturated carbocycles. The van der Waals surface area contributed by atoms with Gasteiger partial charge < -0.3 is 9.15 Å². The number of halogens is 1. The summed E-state index contributed by atoms with van der Waals surface area (Å²) < 4.78 is 23.5. The number of carbonyl (C=O) groups is 1. The lowest BCUT2D eigenvalue weighted by atomic mass is 10.1. The topological polar surface area (TPSA) is 77.3 Å². The third kappa shape index (κ3) is 3.57. The zero-order valence-electron chi connectivity index (χ0n) is 12.8. The van der Waals surface area contributed by atoms with Gasteiger partial charge in [0.25, 0.3) is 5.89 Å². The van der Waals surface area contributed by atoms with E-state index < -0.39 is 0 Å². The van der Waals surface area contributed by atoms with Gasteiger partial charge in [-0.1, -0.05) is 29.4 Å². The fourth-order valence-corrected chi connectivity index (χ4v) is 2.16. The van der Waals surface area contributed by atoms with Gasteiger partial charge in [0.05, 0.1) is 19.1 Å². The number of ether oxygens (including phenoxy) is 1.